The second kappa shape index (κ2) is 6.41. The van der Waals surface area contributed by atoms with Crippen LogP contribution < -0.4 is 15.2 Å². The quantitative estimate of drug-likeness (QED) is 0.889. The number of hydrogen-bond donors (Lipinski definition) is 1. The van der Waals surface area contributed by atoms with Gasteiger partial charge in [0.1, 0.15) is 18.1 Å². The van der Waals surface area contributed by atoms with E-state index < -0.39 is 0 Å². The number of thiophene rings is 1. The largest absolute Gasteiger partial charge is 0.497 e. The van der Waals surface area contributed by atoms with Gasteiger partial charge in [0.25, 0.3) is 0 Å². The molecular formula is C14H16BrNO2S. The summed E-state index contributed by atoms with van der Waals surface area (Å²) in [5.41, 5.74) is 6.94. The molecule has 0 spiro atoms. The van der Waals surface area contributed by atoms with Crippen LogP contribution in [-0.4, -0.2) is 7.11 Å². The van der Waals surface area contributed by atoms with Crippen LogP contribution in [0.3, 0.4) is 0 Å². The smallest absolute Gasteiger partial charge is 0.128 e. The van der Waals surface area contributed by atoms with E-state index in [1.807, 2.05) is 30.5 Å². The van der Waals surface area contributed by atoms with Crippen molar-refractivity contribution in [2.24, 2.45) is 5.73 Å². The number of benzene rings is 1. The molecule has 0 aliphatic heterocycles. The number of halogens is 1. The molecule has 2 aromatic rings. The van der Waals surface area contributed by atoms with Gasteiger partial charge in [-0.15, -0.1) is 11.3 Å². The van der Waals surface area contributed by atoms with Gasteiger partial charge in [-0.05, 0) is 35.0 Å². The molecular weight excluding hydrogens is 326 g/mol. The zero-order chi connectivity index (χ0) is 13.8. The lowest BCUT2D eigenvalue weighted by atomic mass is 10.1. The van der Waals surface area contributed by atoms with Gasteiger partial charge in [0.05, 0.1) is 7.11 Å². The summed E-state index contributed by atoms with van der Waals surface area (Å²) >= 11 is 5.09. The summed E-state index contributed by atoms with van der Waals surface area (Å²) in [5.74, 6) is 1.55. The lowest BCUT2D eigenvalue weighted by molar-refractivity contribution is 0.302. The molecule has 0 aliphatic carbocycles. The van der Waals surface area contributed by atoms with E-state index in [0.29, 0.717) is 6.61 Å². The lowest BCUT2D eigenvalue weighted by Gasteiger charge is -2.14. The first-order valence-electron chi connectivity index (χ1n) is 5.89. The summed E-state index contributed by atoms with van der Waals surface area (Å²) in [6, 6.07) is 7.70. The van der Waals surface area contributed by atoms with Crippen LogP contribution >= 0.6 is 27.3 Å². The molecule has 102 valence electrons. The van der Waals surface area contributed by atoms with Crippen molar-refractivity contribution in [3.63, 3.8) is 0 Å². The fraction of sp³-hybridized carbons (Fsp3) is 0.286. The first-order chi connectivity index (χ1) is 9.10. The molecule has 0 bridgehead atoms. The Labute approximate surface area is 125 Å². The van der Waals surface area contributed by atoms with E-state index in [0.717, 1.165) is 26.4 Å². The van der Waals surface area contributed by atoms with Crippen LogP contribution in [-0.2, 0) is 6.61 Å². The van der Waals surface area contributed by atoms with Crippen molar-refractivity contribution in [2.75, 3.05) is 7.11 Å². The lowest BCUT2D eigenvalue weighted by Crippen LogP contribution is -2.08. The fourth-order valence-electron chi connectivity index (χ4n) is 1.72. The van der Waals surface area contributed by atoms with E-state index in [9.17, 15) is 0 Å². The Balaban J connectivity index is 2.17. The Kier molecular flexibility index (Phi) is 4.85. The van der Waals surface area contributed by atoms with Crippen molar-refractivity contribution in [1.29, 1.82) is 0 Å². The molecule has 5 heteroatoms. The average molecular weight is 342 g/mol. The van der Waals surface area contributed by atoms with Crippen molar-refractivity contribution < 1.29 is 9.47 Å². The third kappa shape index (κ3) is 3.72. The summed E-state index contributed by atoms with van der Waals surface area (Å²) in [4.78, 5) is 1.16. The molecule has 0 saturated heterocycles. The molecule has 2 rings (SSSR count). The van der Waals surface area contributed by atoms with Crippen molar-refractivity contribution in [3.05, 3.63) is 44.6 Å². The molecule has 1 heterocycles. The molecule has 1 aromatic carbocycles. The summed E-state index contributed by atoms with van der Waals surface area (Å²) in [7, 11) is 1.64. The van der Waals surface area contributed by atoms with Gasteiger partial charge >= 0.3 is 0 Å². The third-order valence-electron chi connectivity index (χ3n) is 2.70. The monoisotopic (exact) mass is 341 g/mol. The van der Waals surface area contributed by atoms with Gasteiger partial charge in [-0.3, -0.25) is 0 Å². The SMILES string of the molecule is COc1ccc(C(C)N)c(OCc2cc(Br)cs2)c1. The van der Waals surface area contributed by atoms with Crippen LogP contribution in [0.15, 0.2) is 34.1 Å². The summed E-state index contributed by atoms with van der Waals surface area (Å²) < 4.78 is 12.2. The predicted molar refractivity (Wildman–Crippen MR) is 81.9 cm³/mol. The Morgan fingerprint density at radius 1 is 1.37 bits per heavy atom. The van der Waals surface area contributed by atoms with Gasteiger partial charge in [0.15, 0.2) is 0 Å². The molecule has 0 saturated carbocycles. The number of nitrogens with two attached hydrogens (primary N) is 1. The summed E-state index contributed by atoms with van der Waals surface area (Å²) in [6.07, 6.45) is 0. The molecule has 3 nitrogen and oxygen atoms in total. The maximum absolute atomic E-state index is 5.95. The van der Waals surface area contributed by atoms with E-state index in [1.54, 1.807) is 18.4 Å². The Hall–Kier alpha value is -1.04. The van der Waals surface area contributed by atoms with Crippen LogP contribution in [0.2, 0.25) is 0 Å². The van der Waals surface area contributed by atoms with Crippen LogP contribution in [0.5, 0.6) is 11.5 Å². The van der Waals surface area contributed by atoms with Crippen LogP contribution in [0.1, 0.15) is 23.4 Å². The highest BCUT2D eigenvalue weighted by Crippen LogP contribution is 2.30. The summed E-state index contributed by atoms with van der Waals surface area (Å²) in [6.45, 7) is 2.47. The minimum absolute atomic E-state index is 0.0732. The Morgan fingerprint density at radius 2 is 2.16 bits per heavy atom. The molecule has 0 aliphatic rings. The van der Waals surface area contributed by atoms with Crippen LogP contribution in [0.25, 0.3) is 0 Å². The van der Waals surface area contributed by atoms with E-state index in [2.05, 4.69) is 22.0 Å². The minimum atomic E-state index is -0.0732. The van der Waals surface area contributed by atoms with E-state index in [4.69, 9.17) is 15.2 Å². The molecule has 0 fully saturated rings. The number of ether oxygens (including phenoxy) is 2. The Bertz CT molecular complexity index is 554. The fourth-order valence-corrected chi connectivity index (χ4v) is 3.08. The second-order valence-corrected chi connectivity index (χ2v) is 6.12. The maximum Gasteiger partial charge on any atom is 0.128 e. The normalized spacial score (nSPS) is 12.2. The third-order valence-corrected chi connectivity index (χ3v) is 4.37. The first kappa shape index (κ1) is 14.4. The average Bonchev–Trinajstić information content (AvgIpc) is 2.81. The number of rotatable bonds is 5. The zero-order valence-corrected chi connectivity index (χ0v) is 13.3. The van der Waals surface area contributed by atoms with Crippen molar-refractivity contribution in [1.82, 2.24) is 0 Å². The van der Waals surface area contributed by atoms with Crippen molar-refractivity contribution in [3.8, 4) is 11.5 Å². The number of methoxy groups -OCH3 is 1. The highest BCUT2D eigenvalue weighted by atomic mass is 79.9. The van der Waals surface area contributed by atoms with Gasteiger partial charge in [0, 0.05) is 32.4 Å². The molecule has 0 amide bonds. The van der Waals surface area contributed by atoms with Crippen molar-refractivity contribution >= 4 is 27.3 Å². The van der Waals surface area contributed by atoms with Crippen LogP contribution in [0, 0.1) is 0 Å². The molecule has 19 heavy (non-hydrogen) atoms. The molecule has 1 unspecified atom stereocenters. The van der Waals surface area contributed by atoms with Gasteiger partial charge < -0.3 is 15.2 Å². The van der Waals surface area contributed by atoms with Crippen LogP contribution in [0.4, 0.5) is 0 Å². The highest BCUT2D eigenvalue weighted by Gasteiger charge is 2.10. The van der Waals surface area contributed by atoms with Crippen molar-refractivity contribution in [2.45, 2.75) is 19.6 Å². The first-order valence-corrected chi connectivity index (χ1v) is 7.56. The van der Waals surface area contributed by atoms with Gasteiger partial charge in [0.2, 0.25) is 0 Å². The Morgan fingerprint density at radius 3 is 2.74 bits per heavy atom. The predicted octanol–water partition coefficient (Wildman–Crippen LogP) is 4.12. The standard InChI is InChI=1S/C14H16BrNO2S/c1-9(16)13-4-3-11(17-2)6-14(13)18-7-12-5-10(15)8-19-12/h3-6,8-9H,7,16H2,1-2H3. The molecule has 1 atom stereocenters. The minimum Gasteiger partial charge on any atom is -0.497 e. The number of hydrogen-bond acceptors (Lipinski definition) is 4. The van der Waals surface area contributed by atoms with Gasteiger partial charge in [-0.25, -0.2) is 0 Å². The zero-order valence-electron chi connectivity index (χ0n) is 10.9. The molecule has 2 N–H and O–H groups in total. The highest BCUT2D eigenvalue weighted by molar-refractivity contribution is 9.10. The maximum atomic E-state index is 5.95. The summed E-state index contributed by atoms with van der Waals surface area (Å²) in [5, 5.41) is 2.04. The van der Waals surface area contributed by atoms with Gasteiger partial charge in [-0.2, -0.15) is 0 Å². The topological polar surface area (TPSA) is 44.5 Å². The van der Waals surface area contributed by atoms with E-state index >= 15 is 0 Å². The van der Waals surface area contributed by atoms with E-state index in [1.165, 1.54) is 0 Å². The van der Waals surface area contributed by atoms with Gasteiger partial charge in [-0.1, -0.05) is 6.07 Å². The molecule has 1 aromatic heterocycles. The van der Waals surface area contributed by atoms with E-state index in [-0.39, 0.29) is 6.04 Å². The second-order valence-electron chi connectivity index (χ2n) is 4.21. The molecule has 0 radical (unpaired) electrons.